The van der Waals surface area contributed by atoms with Crippen LogP contribution >= 0.6 is 0 Å². The lowest BCUT2D eigenvalue weighted by molar-refractivity contribution is -0.117. The molecule has 8 nitrogen and oxygen atoms in total. The van der Waals surface area contributed by atoms with E-state index in [-0.39, 0.29) is 29.3 Å². The van der Waals surface area contributed by atoms with Gasteiger partial charge in [-0.25, -0.2) is 9.59 Å². The van der Waals surface area contributed by atoms with Crippen molar-refractivity contribution >= 4 is 29.1 Å². The van der Waals surface area contributed by atoms with Gasteiger partial charge in [0, 0.05) is 18.8 Å². The molecule has 0 atom stereocenters. The predicted octanol–water partition coefficient (Wildman–Crippen LogP) is 2.69. The third-order valence-electron chi connectivity index (χ3n) is 4.96. The summed E-state index contributed by atoms with van der Waals surface area (Å²) in [5.74, 6) is -1.28. The smallest absolute Gasteiger partial charge is 0.337 e. The molecular formula is C23H24N2O6. The van der Waals surface area contributed by atoms with Crippen LogP contribution in [0.2, 0.25) is 0 Å². The summed E-state index contributed by atoms with van der Waals surface area (Å²) >= 11 is 0. The number of carbonyl (C=O) groups is 3. The fraction of sp³-hybridized carbons (Fsp3) is 0.261. The maximum absolute atomic E-state index is 12.5. The fourth-order valence-corrected chi connectivity index (χ4v) is 3.37. The summed E-state index contributed by atoms with van der Waals surface area (Å²) in [5.41, 5.74) is 2.81. The number of hydrogen-bond acceptors (Lipinski definition) is 7. The molecule has 1 heterocycles. The summed E-state index contributed by atoms with van der Waals surface area (Å²) in [6, 6.07) is 11.3. The van der Waals surface area contributed by atoms with Gasteiger partial charge in [0.05, 0.1) is 31.9 Å². The number of nitrogens with one attached hydrogen (secondary N) is 1. The molecule has 1 aliphatic rings. The number of phenolic OH excluding ortho intramolecular Hbond substituents is 1. The van der Waals surface area contributed by atoms with Crippen molar-refractivity contribution in [3.05, 3.63) is 65.2 Å². The molecule has 8 heteroatoms. The molecule has 0 saturated heterocycles. The highest BCUT2D eigenvalue weighted by Crippen LogP contribution is 2.24. The highest BCUT2D eigenvalue weighted by Gasteiger charge is 2.18. The molecule has 2 aromatic rings. The van der Waals surface area contributed by atoms with Crippen molar-refractivity contribution in [1.82, 2.24) is 4.90 Å². The lowest BCUT2D eigenvalue weighted by atomic mass is 9.99. The van der Waals surface area contributed by atoms with Gasteiger partial charge in [-0.1, -0.05) is 18.2 Å². The number of aromatic hydroxyl groups is 1. The molecule has 3 rings (SSSR count). The minimum absolute atomic E-state index is 0.139. The molecule has 0 aliphatic carbocycles. The number of methoxy groups -OCH3 is 2. The van der Waals surface area contributed by atoms with Crippen LogP contribution in [0.15, 0.2) is 48.5 Å². The van der Waals surface area contributed by atoms with E-state index in [9.17, 15) is 19.5 Å². The Morgan fingerprint density at radius 1 is 1.00 bits per heavy atom. The highest BCUT2D eigenvalue weighted by atomic mass is 16.5. The normalized spacial score (nSPS) is 13.8. The van der Waals surface area contributed by atoms with E-state index in [0.29, 0.717) is 18.8 Å². The van der Waals surface area contributed by atoms with E-state index in [1.807, 2.05) is 17.0 Å². The summed E-state index contributed by atoms with van der Waals surface area (Å²) in [6.45, 7) is 1.48. The van der Waals surface area contributed by atoms with Crippen LogP contribution in [0.4, 0.5) is 5.69 Å². The molecule has 31 heavy (non-hydrogen) atoms. The van der Waals surface area contributed by atoms with Gasteiger partial charge in [-0.15, -0.1) is 0 Å². The van der Waals surface area contributed by atoms with E-state index in [1.54, 1.807) is 12.1 Å². The highest BCUT2D eigenvalue weighted by molar-refractivity contribution is 5.99. The zero-order valence-electron chi connectivity index (χ0n) is 17.4. The number of rotatable bonds is 6. The van der Waals surface area contributed by atoms with Crippen molar-refractivity contribution in [3.8, 4) is 5.75 Å². The van der Waals surface area contributed by atoms with Gasteiger partial charge in [0.2, 0.25) is 5.91 Å². The van der Waals surface area contributed by atoms with Crippen LogP contribution in [0, 0.1) is 0 Å². The second-order valence-corrected chi connectivity index (χ2v) is 7.09. The SMILES string of the molecule is COC(=O)c1cc(NC(=O)CN2CC=C(c3ccc(O)cc3)CC2)cc(C(=O)OC)c1. The standard InChI is InChI=1S/C23H24N2O6/c1-30-22(28)17-11-18(23(29)31-2)13-19(12-17)24-21(27)14-25-9-7-16(8-10-25)15-3-5-20(26)6-4-15/h3-7,11-13,26H,8-10,14H2,1-2H3,(H,24,27). The van der Waals surface area contributed by atoms with Crippen molar-refractivity contribution in [3.63, 3.8) is 0 Å². The first kappa shape index (κ1) is 22.0. The number of hydrogen-bond donors (Lipinski definition) is 2. The van der Waals surface area contributed by atoms with Crippen LogP contribution in [-0.2, 0) is 14.3 Å². The Kier molecular flexibility index (Phi) is 7.04. The molecule has 162 valence electrons. The summed E-state index contributed by atoms with van der Waals surface area (Å²) in [5, 5.41) is 12.1. The molecule has 0 bridgehead atoms. The second-order valence-electron chi connectivity index (χ2n) is 7.09. The number of benzene rings is 2. The average molecular weight is 424 g/mol. The van der Waals surface area contributed by atoms with E-state index in [4.69, 9.17) is 9.47 Å². The molecule has 2 N–H and O–H groups in total. The molecule has 2 aromatic carbocycles. The third-order valence-corrected chi connectivity index (χ3v) is 4.96. The number of anilines is 1. The first-order valence-corrected chi connectivity index (χ1v) is 9.72. The van der Waals surface area contributed by atoms with Gasteiger partial charge in [-0.05, 0) is 47.9 Å². The fourth-order valence-electron chi connectivity index (χ4n) is 3.37. The molecule has 0 unspecified atom stereocenters. The summed E-state index contributed by atoms with van der Waals surface area (Å²) < 4.78 is 9.41. The van der Waals surface area contributed by atoms with E-state index < -0.39 is 11.9 Å². The third kappa shape index (κ3) is 5.70. The number of carbonyl (C=O) groups excluding carboxylic acids is 3. The zero-order chi connectivity index (χ0) is 22.4. The monoisotopic (exact) mass is 424 g/mol. The number of amides is 1. The Labute approximate surface area is 180 Å². The predicted molar refractivity (Wildman–Crippen MR) is 115 cm³/mol. The lowest BCUT2D eigenvalue weighted by Crippen LogP contribution is -2.36. The Bertz CT molecular complexity index is 979. The number of esters is 2. The van der Waals surface area contributed by atoms with Gasteiger partial charge < -0.3 is 19.9 Å². The van der Waals surface area contributed by atoms with Crippen molar-refractivity contribution in [1.29, 1.82) is 0 Å². The molecule has 1 aliphatic heterocycles. The molecule has 0 saturated carbocycles. The summed E-state index contributed by atoms with van der Waals surface area (Å²) in [4.78, 5) is 38.3. The van der Waals surface area contributed by atoms with Gasteiger partial charge in [0.25, 0.3) is 0 Å². The Balaban J connectivity index is 1.65. The molecule has 0 radical (unpaired) electrons. The van der Waals surface area contributed by atoms with Gasteiger partial charge >= 0.3 is 11.9 Å². The topological polar surface area (TPSA) is 105 Å². The first-order chi connectivity index (χ1) is 14.9. The van der Waals surface area contributed by atoms with E-state index in [2.05, 4.69) is 11.4 Å². The van der Waals surface area contributed by atoms with E-state index >= 15 is 0 Å². The Morgan fingerprint density at radius 2 is 1.61 bits per heavy atom. The van der Waals surface area contributed by atoms with Crippen LogP contribution in [-0.4, -0.2) is 61.7 Å². The number of nitrogens with zero attached hydrogens (tertiary/aromatic N) is 1. The number of phenols is 1. The van der Waals surface area contributed by atoms with Crippen LogP contribution < -0.4 is 5.32 Å². The molecule has 0 spiro atoms. The van der Waals surface area contributed by atoms with Crippen LogP contribution in [0.25, 0.3) is 5.57 Å². The Hall–Kier alpha value is -3.65. The van der Waals surface area contributed by atoms with E-state index in [1.165, 1.54) is 38.0 Å². The van der Waals surface area contributed by atoms with Gasteiger partial charge in [0.15, 0.2) is 0 Å². The maximum atomic E-state index is 12.5. The van der Waals surface area contributed by atoms with Crippen molar-refractivity contribution < 1.29 is 29.0 Å². The van der Waals surface area contributed by atoms with Crippen LogP contribution in [0.1, 0.15) is 32.7 Å². The van der Waals surface area contributed by atoms with Crippen LogP contribution in [0.3, 0.4) is 0 Å². The minimum Gasteiger partial charge on any atom is -0.508 e. The van der Waals surface area contributed by atoms with Gasteiger partial charge in [0.1, 0.15) is 5.75 Å². The van der Waals surface area contributed by atoms with Crippen molar-refractivity contribution in [2.24, 2.45) is 0 Å². The first-order valence-electron chi connectivity index (χ1n) is 9.72. The van der Waals surface area contributed by atoms with Crippen molar-refractivity contribution in [2.75, 3.05) is 39.2 Å². The van der Waals surface area contributed by atoms with Gasteiger partial charge in [-0.3, -0.25) is 9.69 Å². The lowest BCUT2D eigenvalue weighted by Gasteiger charge is -2.26. The quantitative estimate of drug-likeness (QED) is 0.687. The van der Waals surface area contributed by atoms with Gasteiger partial charge in [-0.2, -0.15) is 0 Å². The van der Waals surface area contributed by atoms with Crippen LogP contribution in [0.5, 0.6) is 5.75 Å². The summed E-state index contributed by atoms with van der Waals surface area (Å²) in [7, 11) is 2.48. The summed E-state index contributed by atoms with van der Waals surface area (Å²) in [6.07, 6.45) is 2.85. The number of ether oxygens (including phenoxy) is 2. The van der Waals surface area contributed by atoms with Crippen molar-refractivity contribution in [2.45, 2.75) is 6.42 Å². The largest absolute Gasteiger partial charge is 0.508 e. The van der Waals surface area contributed by atoms with E-state index in [0.717, 1.165) is 12.0 Å². The second kappa shape index (κ2) is 9.90. The Morgan fingerprint density at radius 3 is 2.13 bits per heavy atom. The zero-order valence-corrected chi connectivity index (χ0v) is 17.4. The molecule has 1 amide bonds. The molecule has 0 aromatic heterocycles. The molecule has 0 fully saturated rings. The molecular weight excluding hydrogens is 400 g/mol. The maximum Gasteiger partial charge on any atom is 0.337 e. The average Bonchev–Trinajstić information content (AvgIpc) is 2.78. The minimum atomic E-state index is -0.621.